The molecule has 0 aliphatic carbocycles. The van der Waals surface area contributed by atoms with E-state index in [1.807, 2.05) is 14.1 Å². The van der Waals surface area contributed by atoms with Gasteiger partial charge in [0.1, 0.15) is 0 Å². The first-order chi connectivity index (χ1) is 10.2. The SMILES string of the molecule is CNCC1CCN(Cc2ccc3c(c2)sc(=O)n3C)CC1. The number of nitrogens with one attached hydrogen (secondary N) is 1. The fraction of sp³-hybridized carbons (Fsp3) is 0.562. The molecule has 2 heterocycles. The van der Waals surface area contributed by atoms with Crippen molar-refractivity contribution in [3.05, 3.63) is 33.4 Å². The number of hydrogen-bond acceptors (Lipinski definition) is 4. The summed E-state index contributed by atoms with van der Waals surface area (Å²) in [5.41, 5.74) is 2.36. The average molecular weight is 305 g/mol. The van der Waals surface area contributed by atoms with Crippen molar-refractivity contribution >= 4 is 21.6 Å². The van der Waals surface area contributed by atoms with Gasteiger partial charge < -0.3 is 9.88 Å². The van der Waals surface area contributed by atoms with Gasteiger partial charge in [0.15, 0.2) is 0 Å². The van der Waals surface area contributed by atoms with Gasteiger partial charge in [-0.1, -0.05) is 17.4 Å². The number of nitrogens with zero attached hydrogens (tertiary/aromatic N) is 2. The van der Waals surface area contributed by atoms with E-state index in [9.17, 15) is 4.79 Å². The maximum absolute atomic E-state index is 11.7. The summed E-state index contributed by atoms with van der Waals surface area (Å²) in [7, 11) is 3.88. The van der Waals surface area contributed by atoms with Crippen LogP contribution in [-0.4, -0.2) is 36.1 Å². The van der Waals surface area contributed by atoms with Crippen LogP contribution in [0.15, 0.2) is 23.0 Å². The third-order valence-corrected chi connectivity index (χ3v) is 5.46. The molecule has 1 N–H and O–H groups in total. The van der Waals surface area contributed by atoms with Gasteiger partial charge in [0.2, 0.25) is 0 Å². The van der Waals surface area contributed by atoms with E-state index in [0.29, 0.717) is 0 Å². The molecule has 0 atom stereocenters. The second-order valence-corrected chi connectivity index (χ2v) is 7.00. The predicted octanol–water partition coefficient (Wildman–Crippen LogP) is 2.03. The molecule has 1 aromatic carbocycles. The lowest BCUT2D eigenvalue weighted by Crippen LogP contribution is -2.36. The van der Waals surface area contributed by atoms with Crippen molar-refractivity contribution in [3.63, 3.8) is 0 Å². The molecule has 0 unspecified atom stereocenters. The normalized spacial score (nSPS) is 17.6. The molecule has 1 aliphatic heterocycles. The highest BCUT2D eigenvalue weighted by atomic mass is 32.1. The summed E-state index contributed by atoms with van der Waals surface area (Å²) in [5, 5.41) is 3.28. The maximum Gasteiger partial charge on any atom is 0.307 e. The van der Waals surface area contributed by atoms with Crippen LogP contribution in [0.3, 0.4) is 0 Å². The fourth-order valence-corrected chi connectivity index (χ4v) is 4.12. The summed E-state index contributed by atoms with van der Waals surface area (Å²) >= 11 is 1.34. The summed E-state index contributed by atoms with van der Waals surface area (Å²) < 4.78 is 2.83. The van der Waals surface area contributed by atoms with Crippen LogP contribution in [0.4, 0.5) is 0 Å². The zero-order valence-electron chi connectivity index (χ0n) is 12.8. The van der Waals surface area contributed by atoms with Crippen molar-refractivity contribution < 1.29 is 0 Å². The molecule has 1 aliphatic rings. The Kier molecular flexibility index (Phi) is 4.42. The molecule has 5 heteroatoms. The van der Waals surface area contributed by atoms with Crippen LogP contribution >= 0.6 is 11.3 Å². The standard InChI is InChI=1S/C16H23N3OS/c1-17-10-12-5-7-19(8-6-12)11-13-3-4-14-15(9-13)21-16(20)18(14)2/h3-4,9,12,17H,5-8,10-11H2,1-2H3. The summed E-state index contributed by atoms with van der Waals surface area (Å²) in [6.07, 6.45) is 2.56. The quantitative estimate of drug-likeness (QED) is 0.939. The molecule has 0 radical (unpaired) electrons. The monoisotopic (exact) mass is 305 g/mol. The van der Waals surface area contributed by atoms with Crippen molar-refractivity contribution in [2.45, 2.75) is 19.4 Å². The van der Waals surface area contributed by atoms with E-state index in [2.05, 4.69) is 28.4 Å². The number of hydrogen-bond donors (Lipinski definition) is 1. The summed E-state index contributed by atoms with van der Waals surface area (Å²) in [6, 6.07) is 6.42. The highest BCUT2D eigenvalue weighted by molar-refractivity contribution is 7.16. The molecule has 1 fully saturated rings. The lowest BCUT2D eigenvalue weighted by molar-refractivity contribution is 0.177. The van der Waals surface area contributed by atoms with Crippen LogP contribution < -0.4 is 10.2 Å². The number of thiazole rings is 1. The number of benzene rings is 1. The third-order valence-electron chi connectivity index (χ3n) is 4.46. The Morgan fingerprint density at radius 3 is 2.81 bits per heavy atom. The molecule has 1 saturated heterocycles. The zero-order chi connectivity index (χ0) is 14.8. The first-order valence-corrected chi connectivity index (χ1v) is 8.44. The molecule has 4 nitrogen and oxygen atoms in total. The first kappa shape index (κ1) is 14.8. The Balaban J connectivity index is 1.67. The predicted molar refractivity (Wildman–Crippen MR) is 89.0 cm³/mol. The first-order valence-electron chi connectivity index (χ1n) is 7.63. The van der Waals surface area contributed by atoms with Gasteiger partial charge in [0, 0.05) is 13.6 Å². The topological polar surface area (TPSA) is 37.3 Å². The molecular formula is C16H23N3OS. The molecule has 3 rings (SSSR count). The lowest BCUT2D eigenvalue weighted by atomic mass is 9.96. The minimum atomic E-state index is 0.120. The number of rotatable bonds is 4. The van der Waals surface area contributed by atoms with Gasteiger partial charge >= 0.3 is 4.87 Å². The van der Waals surface area contributed by atoms with E-state index in [1.165, 1.54) is 42.8 Å². The van der Waals surface area contributed by atoms with Crippen molar-refractivity contribution in [2.75, 3.05) is 26.7 Å². The van der Waals surface area contributed by atoms with Gasteiger partial charge in [0.25, 0.3) is 0 Å². The molecular weight excluding hydrogens is 282 g/mol. The van der Waals surface area contributed by atoms with Crippen LogP contribution in [0.25, 0.3) is 10.2 Å². The summed E-state index contributed by atoms with van der Waals surface area (Å²) in [5.74, 6) is 0.827. The van der Waals surface area contributed by atoms with Crippen LogP contribution in [0.1, 0.15) is 18.4 Å². The van der Waals surface area contributed by atoms with Crippen molar-refractivity contribution in [3.8, 4) is 0 Å². The van der Waals surface area contributed by atoms with Crippen LogP contribution in [-0.2, 0) is 13.6 Å². The number of fused-ring (bicyclic) bond motifs is 1. The smallest absolute Gasteiger partial charge is 0.307 e. The summed E-state index contributed by atoms with van der Waals surface area (Å²) in [4.78, 5) is 14.3. The molecule has 0 saturated carbocycles. The highest BCUT2D eigenvalue weighted by Crippen LogP contribution is 2.22. The molecule has 0 bridgehead atoms. The second-order valence-electron chi connectivity index (χ2n) is 6.01. The van der Waals surface area contributed by atoms with Crippen molar-refractivity contribution in [1.82, 2.24) is 14.8 Å². The third kappa shape index (κ3) is 3.20. The van der Waals surface area contributed by atoms with Gasteiger partial charge in [-0.15, -0.1) is 0 Å². The van der Waals surface area contributed by atoms with E-state index < -0.39 is 0 Å². The van der Waals surface area contributed by atoms with Gasteiger partial charge in [0.05, 0.1) is 10.2 Å². The van der Waals surface area contributed by atoms with Gasteiger partial charge in [-0.25, -0.2) is 0 Å². The largest absolute Gasteiger partial charge is 0.319 e. The van der Waals surface area contributed by atoms with Crippen LogP contribution in [0.5, 0.6) is 0 Å². The maximum atomic E-state index is 11.7. The van der Waals surface area contributed by atoms with E-state index in [4.69, 9.17) is 0 Å². The average Bonchev–Trinajstić information content (AvgIpc) is 2.76. The second kappa shape index (κ2) is 6.30. The molecule has 0 spiro atoms. The Morgan fingerprint density at radius 1 is 1.33 bits per heavy atom. The number of aryl methyl sites for hydroxylation is 1. The molecule has 21 heavy (non-hydrogen) atoms. The molecule has 0 amide bonds. The molecule has 2 aromatic rings. The van der Waals surface area contributed by atoms with Crippen molar-refractivity contribution in [2.24, 2.45) is 13.0 Å². The Bertz CT molecular complexity index is 668. The fourth-order valence-electron chi connectivity index (χ4n) is 3.17. The number of likely N-dealkylation sites (tertiary alicyclic amines) is 1. The van der Waals surface area contributed by atoms with Crippen molar-refractivity contribution in [1.29, 1.82) is 0 Å². The number of piperidine rings is 1. The zero-order valence-corrected chi connectivity index (χ0v) is 13.6. The van der Waals surface area contributed by atoms with Gasteiger partial charge in [-0.05, 0) is 63.1 Å². The molecule has 1 aromatic heterocycles. The molecule has 114 valence electrons. The van der Waals surface area contributed by atoms with Crippen LogP contribution in [0, 0.1) is 5.92 Å². The minimum Gasteiger partial charge on any atom is -0.319 e. The Hall–Kier alpha value is -1.17. The van der Waals surface area contributed by atoms with E-state index in [-0.39, 0.29) is 4.87 Å². The van der Waals surface area contributed by atoms with E-state index >= 15 is 0 Å². The minimum absolute atomic E-state index is 0.120. The van der Waals surface area contributed by atoms with E-state index in [0.717, 1.165) is 29.2 Å². The lowest BCUT2D eigenvalue weighted by Gasteiger charge is -2.31. The van der Waals surface area contributed by atoms with E-state index in [1.54, 1.807) is 4.57 Å². The van der Waals surface area contributed by atoms with Gasteiger partial charge in [-0.2, -0.15) is 0 Å². The Labute approximate surface area is 129 Å². The number of aromatic nitrogens is 1. The summed E-state index contributed by atoms with van der Waals surface area (Å²) in [6.45, 7) is 4.49. The van der Waals surface area contributed by atoms with Gasteiger partial charge in [-0.3, -0.25) is 9.69 Å². The Morgan fingerprint density at radius 2 is 2.10 bits per heavy atom. The van der Waals surface area contributed by atoms with Crippen LogP contribution in [0.2, 0.25) is 0 Å². The highest BCUT2D eigenvalue weighted by Gasteiger charge is 2.18.